The standard InChI is InChI=1S/C46H71NO8/c1-3-5-7-8-9-10-11-12-13-14-15-16-17-18-19-20-21-22-23-24-25-26-27-28-29-30-31-32-34-36-42(50)47-39(40(49)35-33-6-4-2)38-54-46-45(53)44(52)43(51)41(37-48)55-46/h5,7,9-10,12-13,15-16,18-19,21-22,24-25,27-28,30-31,33,35,39-41,43-46,48-49,51-53H,3-4,6,8,11,14,17,20,23,26,29,32,34,36-38H2,1-2H3,(H,47,50)/b7-5-,10-9-,13-12-,16-15-,19-18-,22-21-,25-24-,28-27-,31-30-,35-33+. The van der Waals surface area contributed by atoms with E-state index >= 15 is 0 Å². The Balaban J connectivity index is 2.22. The minimum Gasteiger partial charge on any atom is -0.394 e. The highest BCUT2D eigenvalue weighted by atomic mass is 16.7. The first kappa shape index (κ1) is 49.6. The van der Waals surface area contributed by atoms with Gasteiger partial charge < -0.3 is 40.3 Å². The molecule has 0 aromatic carbocycles. The molecule has 0 aromatic rings. The average molecular weight is 766 g/mol. The molecule has 9 nitrogen and oxygen atoms in total. The van der Waals surface area contributed by atoms with Gasteiger partial charge in [0.05, 0.1) is 25.4 Å². The van der Waals surface area contributed by atoms with Crippen LogP contribution in [-0.4, -0.2) is 87.5 Å². The van der Waals surface area contributed by atoms with Crippen molar-refractivity contribution in [1.29, 1.82) is 0 Å². The van der Waals surface area contributed by atoms with Crippen LogP contribution in [0.1, 0.15) is 104 Å². The van der Waals surface area contributed by atoms with Crippen molar-refractivity contribution in [3.63, 3.8) is 0 Å². The number of carbonyl (C=O) groups is 1. The van der Waals surface area contributed by atoms with Gasteiger partial charge in [-0.15, -0.1) is 0 Å². The Bertz CT molecular complexity index is 1260. The molecule has 9 heteroatoms. The zero-order valence-electron chi connectivity index (χ0n) is 33.4. The van der Waals surface area contributed by atoms with Crippen molar-refractivity contribution in [2.75, 3.05) is 13.2 Å². The highest BCUT2D eigenvalue weighted by Gasteiger charge is 2.44. The summed E-state index contributed by atoms with van der Waals surface area (Å²) in [6, 6.07) is -0.840. The van der Waals surface area contributed by atoms with Crippen LogP contribution in [0.15, 0.2) is 122 Å². The lowest BCUT2D eigenvalue weighted by atomic mass is 9.99. The molecule has 0 spiro atoms. The van der Waals surface area contributed by atoms with E-state index in [0.717, 1.165) is 77.0 Å². The highest BCUT2D eigenvalue weighted by Crippen LogP contribution is 2.22. The number of allylic oxidation sites excluding steroid dienone is 19. The minimum atomic E-state index is -1.58. The van der Waals surface area contributed by atoms with Crippen molar-refractivity contribution in [2.24, 2.45) is 0 Å². The Morgan fingerprint density at radius 2 is 1.09 bits per heavy atom. The van der Waals surface area contributed by atoms with Gasteiger partial charge >= 0.3 is 0 Å². The maximum Gasteiger partial charge on any atom is 0.220 e. The molecule has 6 N–H and O–H groups in total. The summed E-state index contributed by atoms with van der Waals surface area (Å²) in [6.07, 6.45) is 46.3. The SMILES string of the molecule is CC/C=C\C/C=C\C/C=C\C/C=C\C/C=C\C/C=C\C/C=C\C/C=C\C/C=C\CCCC(=O)NC(COC1OC(CO)C(O)C(O)C1O)C(O)/C=C/CCC. The third-order valence-corrected chi connectivity index (χ3v) is 8.52. The van der Waals surface area contributed by atoms with E-state index in [1.165, 1.54) is 0 Å². The lowest BCUT2D eigenvalue weighted by molar-refractivity contribution is -0.302. The van der Waals surface area contributed by atoms with Crippen LogP contribution in [0.4, 0.5) is 0 Å². The largest absolute Gasteiger partial charge is 0.394 e. The van der Waals surface area contributed by atoms with Crippen molar-refractivity contribution in [1.82, 2.24) is 5.32 Å². The van der Waals surface area contributed by atoms with E-state index in [1.807, 2.05) is 13.0 Å². The summed E-state index contributed by atoms with van der Waals surface area (Å²) >= 11 is 0. The van der Waals surface area contributed by atoms with Crippen molar-refractivity contribution in [3.05, 3.63) is 122 Å². The smallest absolute Gasteiger partial charge is 0.220 e. The van der Waals surface area contributed by atoms with Gasteiger partial charge in [-0.2, -0.15) is 0 Å². The third kappa shape index (κ3) is 26.1. The molecular weight excluding hydrogens is 695 g/mol. The van der Waals surface area contributed by atoms with E-state index in [4.69, 9.17) is 9.47 Å². The molecule has 0 saturated carbocycles. The number of ether oxygens (including phenoxy) is 2. The van der Waals surface area contributed by atoms with Crippen LogP contribution in [0.3, 0.4) is 0 Å². The van der Waals surface area contributed by atoms with E-state index in [1.54, 1.807) is 6.08 Å². The molecule has 1 aliphatic heterocycles. The van der Waals surface area contributed by atoms with Gasteiger partial charge in [-0.05, 0) is 77.0 Å². The zero-order chi connectivity index (χ0) is 40.2. The van der Waals surface area contributed by atoms with Crippen molar-refractivity contribution < 1.29 is 39.8 Å². The van der Waals surface area contributed by atoms with Crippen molar-refractivity contribution >= 4 is 5.91 Å². The molecule has 0 bridgehead atoms. The Morgan fingerprint density at radius 3 is 1.53 bits per heavy atom. The molecule has 55 heavy (non-hydrogen) atoms. The molecule has 1 saturated heterocycles. The predicted molar refractivity (Wildman–Crippen MR) is 225 cm³/mol. The fourth-order valence-corrected chi connectivity index (χ4v) is 5.28. The zero-order valence-corrected chi connectivity index (χ0v) is 33.4. The molecule has 7 unspecified atom stereocenters. The van der Waals surface area contributed by atoms with Crippen LogP contribution in [-0.2, 0) is 14.3 Å². The van der Waals surface area contributed by atoms with E-state index < -0.39 is 49.5 Å². The van der Waals surface area contributed by atoms with E-state index in [-0.39, 0.29) is 18.9 Å². The second-order valence-corrected chi connectivity index (χ2v) is 13.3. The molecule has 1 amide bonds. The second kappa shape index (κ2) is 35.0. The van der Waals surface area contributed by atoms with Crippen LogP contribution in [0.5, 0.6) is 0 Å². The van der Waals surface area contributed by atoms with Gasteiger partial charge in [0.25, 0.3) is 0 Å². The molecule has 0 aromatic heterocycles. The van der Waals surface area contributed by atoms with E-state index in [0.29, 0.717) is 6.42 Å². The Kier molecular flexibility index (Phi) is 31.6. The van der Waals surface area contributed by atoms with Crippen LogP contribution in [0.2, 0.25) is 0 Å². The summed E-state index contributed by atoms with van der Waals surface area (Å²) in [5.74, 6) is -0.255. The van der Waals surface area contributed by atoms with Gasteiger partial charge in [-0.1, -0.05) is 142 Å². The van der Waals surface area contributed by atoms with Crippen LogP contribution < -0.4 is 5.32 Å². The number of aliphatic hydroxyl groups excluding tert-OH is 5. The molecule has 1 heterocycles. The van der Waals surface area contributed by atoms with Gasteiger partial charge in [-0.25, -0.2) is 0 Å². The number of nitrogens with one attached hydrogen (secondary N) is 1. The second-order valence-electron chi connectivity index (χ2n) is 13.3. The van der Waals surface area contributed by atoms with Crippen molar-refractivity contribution in [3.8, 4) is 0 Å². The lowest BCUT2D eigenvalue weighted by Gasteiger charge is -2.40. The molecular formula is C46H71NO8. The monoisotopic (exact) mass is 766 g/mol. The molecule has 1 rings (SSSR count). The first-order valence-corrected chi connectivity index (χ1v) is 20.3. The first-order valence-electron chi connectivity index (χ1n) is 20.3. The number of aliphatic hydroxyl groups is 5. The molecule has 1 fully saturated rings. The Labute approximate surface area is 331 Å². The summed E-state index contributed by atoms with van der Waals surface area (Å²) in [5.41, 5.74) is 0. The number of rotatable bonds is 30. The summed E-state index contributed by atoms with van der Waals surface area (Å²) in [6.45, 7) is 3.35. The van der Waals surface area contributed by atoms with Gasteiger partial charge in [0.2, 0.25) is 5.91 Å². The first-order chi connectivity index (χ1) is 26.8. The number of hydrogen-bond donors (Lipinski definition) is 6. The quantitative estimate of drug-likeness (QED) is 0.0322. The van der Waals surface area contributed by atoms with Crippen LogP contribution in [0, 0.1) is 0 Å². The molecule has 0 aliphatic carbocycles. The predicted octanol–water partition coefficient (Wildman–Crippen LogP) is 7.71. The fraction of sp³-hybridized carbons (Fsp3) is 0.543. The summed E-state index contributed by atoms with van der Waals surface area (Å²) in [4.78, 5) is 12.7. The average Bonchev–Trinajstić information content (AvgIpc) is 3.18. The Hall–Kier alpha value is -3.41. The molecule has 0 radical (unpaired) electrons. The summed E-state index contributed by atoms with van der Waals surface area (Å²) in [7, 11) is 0. The minimum absolute atomic E-state index is 0.226. The van der Waals surface area contributed by atoms with Crippen LogP contribution in [0.25, 0.3) is 0 Å². The van der Waals surface area contributed by atoms with Gasteiger partial charge in [0, 0.05) is 6.42 Å². The fourth-order valence-electron chi connectivity index (χ4n) is 5.28. The lowest BCUT2D eigenvalue weighted by Crippen LogP contribution is -2.60. The number of hydrogen-bond acceptors (Lipinski definition) is 8. The molecule has 1 aliphatic rings. The van der Waals surface area contributed by atoms with Crippen molar-refractivity contribution in [2.45, 2.75) is 147 Å². The maximum absolute atomic E-state index is 12.7. The normalized spacial score (nSPS) is 22.6. The number of amides is 1. The van der Waals surface area contributed by atoms with E-state index in [9.17, 15) is 30.3 Å². The van der Waals surface area contributed by atoms with E-state index in [2.05, 4.69) is 122 Å². The summed E-state index contributed by atoms with van der Waals surface area (Å²) in [5, 5.41) is 53.2. The number of carbonyl (C=O) groups excluding carboxylic acids is 1. The maximum atomic E-state index is 12.7. The van der Waals surface area contributed by atoms with Gasteiger partial charge in [0.1, 0.15) is 24.4 Å². The van der Waals surface area contributed by atoms with Gasteiger partial charge in [0.15, 0.2) is 6.29 Å². The molecule has 7 atom stereocenters. The number of unbranched alkanes of at least 4 members (excludes halogenated alkanes) is 2. The van der Waals surface area contributed by atoms with Gasteiger partial charge in [-0.3, -0.25) is 4.79 Å². The van der Waals surface area contributed by atoms with Crippen LogP contribution >= 0.6 is 0 Å². The molecule has 308 valence electrons. The topological polar surface area (TPSA) is 149 Å². The third-order valence-electron chi connectivity index (χ3n) is 8.52. The Morgan fingerprint density at radius 1 is 0.636 bits per heavy atom. The highest BCUT2D eigenvalue weighted by molar-refractivity contribution is 5.76. The summed E-state index contributed by atoms with van der Waals surface area (Å²) < 4.78 is 11.0.